The largest absolute Gasteiger partial charge is 0.382 e. The van der Waals surface area contributed by atoms with Crippen molar-refractivity contribution < 1.29 is 9.13 Å². The van der Waals surface area contributed by atoms with Crippen LogP contribution in [0.2, 0.25) is 0 Å². The number of rotatable bonds is 7. The Labute approximate surface area is 165 Å². The second-order valence-electron chi connectivity index (χ2n) is 7.80. The fourth-order valence-corrected chi connectivity index (χ4v) is 4.25. The summed E-state index contributed by atoms with van der Waals surface area (Å²) in [7, 11) is 1.77. The summed E-state index contributed by atoms with van der Waals surface area (Å²) in [6.45, 7) is 3.75. The quantitative estimate of drug-likeness (QED) is 0.636. The van der Waals surface area contributed by atoms with E-state index >= 15 is 0 Å². The van der Waals surface area contributed by atoms with Gasteiger partial charge in [0.25, 0.3) is 0 Å². The van der Waals surface area contributed by atoms with E-state index in [2.05, 4.69) is 39.5 Å². The number of aromatic nitrogens is 1. The van der Waals surface area contributed by atoms with Crippen molar-refractivity contribution in [1.29, 1.82) is 0 Å². The number of nitrogens with zero attached hydrogens (tertiary/aromatic N) is 1. The van der Waals surface area contributed by atoms with Crippen LogP contribution in [0.3, 0.4) is 0 Å². The molecule has 1 aliphatic rings. The summed E-state index contributed by atoms with van der Waals surface area (Å²) in [6.07, 6.45) is 5.02. The summed E-state index contributed by atoms with van der Waals surface area (Å²) < 4.78 is 19.1. The number of ether oxygens (including phenoxy) is 1. The maximum absolute atomic E-state index is 13.6. The molecule has 2 heterocycles. The van der Waals surface area contributed by atoms with Crippen molar-refractivity contribution in [3.63, 3.8) is 0 Å². The number of fused-ring (bicyclic) bond motifs is 1. The Balaban J connectivity index is 1.36. The second kappa shape index (κ2) is 8.33. The number of likely N-dealkylation sites (tertiary alicyclic amines) is 1. The average Bonchev–Trinajstić information content (AvgIpc) is 3.11. The molecule has 0 saturated carbocycles. The number of benzene rings is 2. The highest BCUT2D eigenvalue weighted by atomic mass is 19.1. The number of para-hydroxylation sites is 1. The van der Waals surface area contributed by atoms with Crippen molar-refractivity contribution in [2.75, 3.05) is 38.7 Å². The lowest BCUT2D eigenvalue weighted by molar-refractivity contribution is 0.0891. The lowest BCUT2D eigenvalue weighted by Gasteiger charge is -2.42. The third-order valence-electron chi connectivity index (χ3n) is 5.84. The zero-order chi connectivity index (χ0) is 19.4. The molecule has 2 N–H and O–H groups in total. The van der Waals surface area contributed by atoms with E-state index in [1.807, 2.05) is 18.3 Å². The third kappa shape index (κ3) is 4.21. The number of halogens is 1. The Kier molecular flexibility index (Phi) is 5.64. The standard InChI is InChI=1S/C23H28FN3O/c1-28-17-23(26-20-5-3-2-4-6-20)10-13-27(14-11-23)12-9-18-16-25-22-8-7-19(24)15-21(18)22/h2-8,15-16,25-26H,9-14,17H2,1H3. The summed E-state index contributed by atoms with van der Waals surface area (Å²) in [5, 5.41) is 4.71. The highest BCUT2D eigenvalue weighted by Crippen LogP contribution is 2.28. The van der Waals surface area contributed by atoms with Crippen LogP contribution in [0, 0.1) is 5.82 Å². The van der Waals surface area contributed by atoms with Crippen LogP contribution in [-0.2, 0) is 11.2 Å². The predicted octanol–water partition coefficient (Wildman–Crippen LogP) is 4.44. The van der Waals surface area contributed by atoms with E-state index in [4.69, 9.17) is 4.74 Å². The molecule has 1 aliphatic heterocycles. The van der Waals surface area contributed by atoms with E-state index in [0.29, 0.717) is 6.61 Å². The molecule has 3 aromatic rings. The summed E-state index contributed by atoms with van der Waals surface area (Å²) in [4.78, 5) is 5.75. The molecule has 0 amide bonds. The number of hydrogen-bond donors (Lipinski definition) is 2. The topological polar surface area (TPSA) is 40.3 Å². The van der Waals surface area contributed by atoms with Gasteiger partial charge in [-0.2, -0.15) is 0 Å². The lowest BCUT2D eigenvalue weighted by Crippen LogP contribution is -2.52. The molecule has 0 radical (unpaired) electrons. The third-order valence-corrected chi connectivity index (χ3v) is 5.84. The van der Waals surface area contributed by atoms with E-state index < -0.39 is 0 Å². The van der Waals surface area contributed by atoms with Crippen LogP contribution in [0.4, 0.5) is 10.1 Å². The van der Waals surface area contributed by atoms with Gasteiger partial charge in [-0.3, -0.25) is 0 Å². The number of aromatic amines is 1. The number of nitrogens with one attached hydrogen (secondary N) is 2. The van der Waals surface area contributed by atoms with Crippen molar-refractivity contribution >= 4 is 16.6 Å². The number of H-pyrrole nitrogens is 1. The summed E-state index contributed by atoms with van der Waals surface area (Å²) in [6, 6.07) is 15.3. The molecule has 0 unspecified atom stereocenters. The zero-order valence-electron chi connectivity index (χ0n) is 16.4. The van der Waals surface area contributed by atoms with Gasteiger partial charge in [-0.05, 0) is 55.2 Å². The van der Waals surface area contributed by atoms with Crippen LogP contribution in [0.5, 0.6) is 0 Å². The Morgan fingerprint density at radius 1 is 1.14 bits per heavy atom. The van der Waals surface area contributed by atoms with Gasteiger partial charge in [0, 0.05) is 49.5 Å². The number of hydrogen-bond acceptors (Lipinski definition) is 3. The minimum Gasteiger partial charge on any atom is -0.382 e. The van der Waals surface area contributed by atoms with Crippen molar-refractivity contribution in [3.8, 4) is 0 Å². The highest BCUT2D eigenvalue weighted by Gasteiger charge is 2.34. The van der Waals surface area contributed by atoms with Crippen LogP contribution in [0.1, 0.15) is 18.4 Å². The van der Waals surface area contributed by atoms with E-state index in [9.17, 15) is 4.39 Å². The van der Waals surface area contributed by atoms with Crippen molar-refractivity contribution in [2.45, 2.75) is 24.8 Å². The van der Waals surface area contributed by atoms with Gasteiger partial charge in [-0.25, -0.2) is 4.39 Å². The number of anilines is 1. The van der Waals surface area contributed by atoms with Gasteiger partial charge in [0.1, 0.15) is 5.82 Å². The molecular weight excluding hydrogens is 353 g/mol. The Bertz CT molecular complexity index is 901. The number of piperidine rings is 1. The van der Waals surface area contributed by atoms with Gasteiger partial charge in [0.05, 0.1) is 12.1 Å². The molecule has 1 fully saturated rings. The lowest BCUT2D eigenvalue weighted by atomic mass is 9.87. The fraction of sp³-hybridized carbons (Fsp3) is 0.391. The van der Waals surface area contributed by atoms with E-state index in [0.717, 1.165) is 55.5 Å². The summed E-state index contributed by atoms with van der Waals surface area (Å²) in [5.41, 5.74) is 3.32. The molecule has 5 heteroatoms. The van der Waals surface area contributed by atoms with Gasteiger partial charge in [-0.15, -0.1) is 0 Å². The zero-order valence-corrected chi connectivity index (χ0v) is 16.4. The molecule has 148 valence electrons. The van der Waals surface area contributed by atoms with Crippen LogP contribution >= 0.6 is 0 Å². The van der Waals surface area contributed by atoms with Gasteiger partial charge in [0.15, 0.2) is 0 Å². The molecule has 1 saturated heterocycles. The molecule has 4 rings (SSSR count). The molecule has 4 nitrogen and oxygen atoms in total. The SMILES string of the molecule is COCC1(Nc2ccccc2)CCN(CCc2c[nH]c3ccc(F)cc23)CC1. The van der Waals surface area contributed by atoms with Crippen molar-refractivity contribution in [1.82, 2.24) is 9.88 Å². The molecule has 0 bridgehead atoms. The van der Waals surface area contributed by atoms with Crippen LogP contribution in [0.15, 0.2) is 54.7 Å². The molecular formula is C23H28FN3O. The first kappa shape index (κ1) is 19.0. The molecule has 0 atom stereocenters. The second-order valence-corrected chi connectivity index (χ2v) is 7.80. The minimum absolute atomic E-state index is 0.0173. The summed E-state index contributed by atoms with van der Waals surface area (Å²) >= 11 is 0. The summed E-state index contributed by atoms with van der Waals surface area (Å²) in [5.74, 6) is -0.178. The van der Waals surface area contributed by atoms with Gasteiger partial charge >= 0.3 is 0 Å². The first-order valence-electron chi connectivity index (χ1n) is 9.97. The molecule has 0 aliphatic carbocycles. The average molecular weight is 381 g/mol. The first-order chi connectivity index (χ1) is 13.7. The van der Waals surface area contributed by atoms with Crippen LogP contribution < -0.4 is 5.32 Å². The maximum atomic E-state index is 13.6. The Morgan fingerprint density at radius 3 is 2.68 bits per heavy atom. The Morgan fingerprint density at radius 2 is 1.93 bits per heavy atom. The fourth-order valence-electron chi connectivity index (χ4n) is 4.25. The van der Waals surface area contributed by atoms with Gasteiger partial charge in [-0.1, -0.05) is 18.2 Å². The van der Waals surface area contributed by atoms with E-state index in [-0.39, 0.29) is 11.4 Å². The Hall–Kier alpha value is -2.37. The molecule has 0 spiro atoms. The van der Waals surface area contributed by atoms with Crippen molar-refractivity contribution in [3.05, 3.63) is 66.1 Å². The molecule has 28 heavy (non-hydrogen) atoms. The van der Waals surface area contributed by atoms with Gasteiger partial charge in [0.2, 0.25) is 0 Å². The minimum atomic E-state index is -0.178. The highest BCUT2D eigenvalue weighted by molar-refractivity contribution is 5.83. The number of methoxy groups -OCH3 is 1. The maximum Gasteiger partial charge on any atom is 0.123 e. The van der Waals surface area contributed by atoms with E-state index in [1.165, 1.54) is 11.6 Å². The van der Waals surface area contributed by atoms with E-state index in [1.54, 1.807) is 13.2 Å². The van der Waals surface area contributed by atoms with Crippen molar-refractivity contribution in [2.24, 2.45) is 0 Å². The molecule has 1 aromatic heterocycles. The van der Waals surface area contributed by atoms with Crippen LogP contribution in [-0.4, -0.2) is 48.8 Å². The normalized spacial score (nSPS) is 17.1. The van der Waals surface area contributed by atoms with Crippen LogP contribution in [0.25, 0.3) is 10.9 Å². The predicted molar refractivity (Wildman–Crippen MR) is 112 cm³/mol. The first-order valence-corrected chi connectivity index (χ1v) is 9.97. The smallest absolute Gasteiger partial charge is 0.123 e. The monoisotopic (exact) mass is 381 g/mol. The van der Waals surface area contributed by atoms with Gasteiger partial charge < -0.3 is 19.9 Å². The molecule has 2 aromatic carbocycles.